The van der Waals surface area contributed by atoms with Gasteiger partial charge in [0.05, 0.1) is 11.1 Å². The van der Waals surface area contributed by atoms with Crippen molar-refractivity contribution < 1.29 is 15.0 Å². The van der Waals surface area contributed by atoms with Crippen molar-refractivity contribution in [1.82, 2.24) is 9.47 Å². The zero-order valence-corrected chi connectivity index (χ0v) is 14.3. The van der Waals surface area contributed by atoms with E-state index in [1.165, 1.54) is 31.5 Å². The van der Waals surface area contributed by atoms with Crippen LogP contribution in [0.4, 0.5) is 0 Å². The van der Waals surface area contributed by atoms with E-state index >= 15 is 0 Å². The van der Waals surface area contributed by atoms with Crippen molar-refractivity contribution in [2.24, 2.45) is 0 Å². The van der Waals surface area contributed by atoms with E-state index in [1.807, 2.05) is 6.92 Å². The minimum absolute atomic E-state index is 0.162. The van der Waals surface area contributed by atoms with E-state index in [4.69, 9.17) is 5.11 Å². The summed E-state index contributed by atoms with van der Waals surface area (Å²) in [6, 6.07) is 3.55. The maximum absolute atomic E-state index is 11.4. The third kappa shape index (κ3) is 3.47. The lowest BCUT2D eigenvalue weighted by molar-refractivity contribution is 0.0697. The Balaban J connectivity index is 1.96. The van der Waals surface area contributed by atoms with E-state index in [9.17, 15) is 9.90 Å². The summed E-state index contributed by atoms with van der Waals surface area (Å²) < 4.78 is 2.17. The minimum Gasteiger partial charge on any atom is -0.478 e. The van der Waals surface area contributed by atoms with Gasteiger partial charge in [-0.2, -0.15) is 0 Å². The average Bonchev–Trinajstić information content (AvgIpc) is 3.18. The largest absolute Gasteiger partial charge is 0.478 e. The summed E-state index contributed by atoms with van der Waals surface area (Å²) in [5.74, 6) is -0.881. The van der Waals surface area contributed by atoms with E-state index in [1.54, 1.807) is 12.1 Å². The van der Waals surface area contributed by atoms with Gasteiger partial charge in [0.1, 0.15) is 0 Å². The molecule has 1 aliphatic rings. The molecule has 2 heterocycles. The van der Waals surface area contributed by atoms with E-state index in [0.717, 1.165) is 36.0 Å². The van der Waals surface area contributed by atoms with Gasteiger partial charge in [-0.05, 0) is 69.0 Å². The molecule has 0 aliphatic carbocycles. The Morgan fingerprint density at radius 3 is 2.62 bits per heavy atom. The molecule has 0 unspecified atom stereocenters. The van der Waals surface area contributed by atoms with Gasteiger partial charge in [0, 0.05) is 31.3 Å². The number of hydrogen-bond acceptors (Lipinski definition) is 3. The Kier molecular flexibility index (Phi) is 5.21. The van der Waals surface area contributed by atoms with E-state index in [2.05, 4.69) is 15.7 Å². The van der Waals surface area contributed by atoms with Gasteiger partial charge in [-0.25, -0.2) is 4.79 Å². The normalized spacial score (nSPS) is 15.4. The first-order valence-electron chi connectivity index (χ1n) is 8.79. The van der Waals surface area contributed by atoms with Crippen LogP contribution < -0.4 is 0 Å². The number of likely N-dealkylation sites (tertiary alicyclic amines) is 1. The Hall–Kier alpha value is -1.85. The number of nitrogens with zero attached hydrogens (tertiary/aromatic N) is 2. The average molecular weight is 330 g/mol. The zero-order chi connectivity index (χ0) is 17.1. The second kappa shape index (κ2) is 7.36. The summed E-state index contributed by atoms with van der Waals surface area (Å²) >= 11 is 0. The smallest absolute Gasteiger partial charge is 0.335 e. The van der Waals surface area contributed by atoms with Crippen LogP contribution in [0.1, 0.15) is 40.7 Å². The predicted octanol–water partition coefficient (Wildman–Crippen LogP) is 2.67. The molecule has 2 N–H and O–H groups in total. The quantitative estimate of drug-likeness (QED) is 0.819. The van der Waals surface area contributed by atoms with Gasteiger partial charge < -0.3 is 19.7 Å². The molecule has 5 nitrogen and oxygen atoms in total. The number of aromatic nitrogens is 1. The van der Waals surface area contributed by atoms with Gasteiger partial charge in [-0.15, -0.1) is 0 Å². The van der Waals surface area contributed by atoms with Gasteiger partial charge in [-0.3, -0.25) is 0 Å². The van der Waals surface area contributed by atoms with E-state index < -0.39 is 5.97 Å². The first-order chi connectivity index (χ1) is 11.6. The molecule has 130 valence electrons. The molecule has 5 heteroatoms. The molecule has 0 bridgehead atoms. The fraction of sp³-hybridized carbons (Fsp3) is 0.526. The molecule has 1 aromatic carbocycles. The van der Waals surface area contributed by atoms with Gasteiger partial charge >= 0.3 is 5.97 Å². The summed E-state index contributed by atoms with van der Waals surface area (Å²) in [4.78, 5) is 13.9. The number of fused-ring (bicyclic) bond motifs is 1. The van der Waals surface area contributed by atoms with E-state index in [0.29, 0.717) is 12.0 Å². The highest BCUT2D eigenvalue weighted by Crippen LogP contribution is 2.27. The molecule has 3 rings (SSSR count). The van der Waals surface area contributed by atoms with Crippen molar-refractivity contribution in [3.05, 3.63) is 35.0 Å². The zero-order valence-electron chi connectivity index (χ0n) is 14.3. The van der Waals surface area contributed by atoms with Crippen LogP contribution in [0.5, 0.6) is 0 Å². The van der Waals surface area contributed by atoms with Crippen molar-refractivity contribution in [2.75, 3.05) is 26.2 Å². The molecule has 2 aromatic rings. The number of aryl methyl sites for hydroxylation is 2. The third-order valence-electron chi connectivity index (χ3n) is 4.95. The highest BCUT2D eigenvalue weighted by atomic mass is 16.4. The van der Waals surface area contributed by atoms with Gasteiger partial charge in [0.15, 0.2) is 0 Å². The molecule has 1 aromatic heterocycles. The van der Waals surface area contributed by atoms with Crippen LogP contribution in [-0.2, 0) is 13.0 Å². The second-order valence-corrected chi connectivity index (χ2v) is 6.72. The Labute approximate surface area is 142 Å². The molecule has 1 fully saturated rings. The Morgan fingerprint density at radius 2 is 1.96 bits per heavy atom. The number of rotatable bonds is 7. The van der Waals surface area contributed by atoms with Crippen LogP contribution in [0.3, 0.4) is 0 Å². The number of hydrogen-bond donors (Lipinski definition) is 2. The maximum Gasteiger partial charge on any atom is 0.335 e. The number of aromatic carboxylic acids is 1. The summed E-state index contributed by atoms with van der Waals surface area (Å²) in [5, 5.41) is 19.5. The monoisotopic (exact) mass is 330 g/mol. The fourth-order valence-corrected chi connectivity index (χ4v) is 3.75. The van der Waals surface area contributed by atoms with Crippen LogP contribution in [0.2, 0.25) is 0 Å². The van der Waals surface area contributed by atoms with Crippen molar-refractivity contribution in [2.45, 2.75) is 39.2 Å². The lowest BCUT2D eigenvalue weighted by Crippen LogP contribution is -2.21. The van der Waals surface area contributed by atoms with Crippen molar-refractivity contribution >= 4 is 16.9 Å². The molecule has 0 saturated carbocycles. The second-order valence-electron chi connectivity index (χ2n) is 6.72. The number of aliphatic hydroxyl groups excluding tert-OH is 1. The number of carboxylic acid groups (broad SMARTS) is 1. The van der Waals surface area contributed by atoms with Gasteiger partial charge in [0.2, 0.25) is 0 Å². The highest BCUT2D eigenvalue weighted by molar-refractivity contribution is 5.96. The molecular weight excluding hydrogens is 304 g/mol. The number of carboxylic acids is 1. The maximum atomic E-state index is 11.4. The van der Waals surface area contributed by atoms with Crippen molar-refractivity contribution in [3.63, 3.8) is 0 Å². The lowest BCUT2D eigenvalue weighted by atomic mass is 10.0. The van der Waals surface area contributed by atoms with Gasteiger partial charge in [-0.1, -0.05) is 0 Å². The highest BCUT2D eigenvalue weighted by Gasteiger charge is 2.16. The molecule has 0 spiro atoms. The lowest BCUT2D eigenvalue weighted by Gasteiger charge is -2.13. The standard InChI is InChI=1S/C19H26N2O3/c1-14-11-16(19(23)24)12-17-15(5-9-20-6-2-3-7-20)13-21(18(14)17)8-4-10-22/h11-13,22H,2-10H2,1H3,(H,23,24). The molecule has 24 heavy (non-hydrogen) atoms. The topological polar surface area (TPSA) is 65.7 Å². The fourth-order valence-electron chi connectivity index (χ4n) is 3.75. The van der Waals surface area contributed by atoms with Gasteiger partial charge in [0.25, 0.3) is 0 Å². The first-order valence-corrected chi connectivity index (χ1v) is 8.79. The van der Waals surface area contributed by atoms with Crippen molar-refractivity contribution in [1.29, 1.82) is 0 Å². The molecule has 1 saturated heterocycles. The van der Waals surface area contributed by atoms with Crippen LogP contribution in [0, 0.1) is 6.92 Å². The number of benzene rings is 1. The number of carbonyl (C=O) groups is 1. The number of aliphatic hydroxyl groups is 1. The molecule has 0 radical (unpaired) electrons. The predicted molar refractivity (Wildman–Crippen MR) is 94.7 cm³/mol. The van der Waals surface area contributed by atoms with Crippen LogP contribution in [0.15, 0.2) is 18.3 Å². The summed E-state index contributed by atoms with van der Waals surface area (Å²) in [5.41, 5.74) is 3.64. The summed E-state index contributed by atoms with van der Waals surface area (Å²) in [6.45, 7) is 6.24. The molecular formula is C19H26N2O3. The van der Waals surface area contributed by atoms with Crippen LogP contribution >= 0.6 is 0 Å². The summed E-state index contributed by atoms with van der Waals surface area (Å²) in [7, 11) is 0. The Morgan fingerprint density at radius 1 is 1.21 bits per heavy atom. The molecule has 1 aliphatic heterocycles. The van der Waals surface area contributed by atoms with Crippen molar-refractivity contribution in [3.8, 4) is 0 Å². The minimum atomic E-state index is -0.881. The SMILES string of the molecule is Cc1cc(C(=O)O)cc2c(CCN3CCCC3)cn(CCCO)c12. The first kappa shape index (κ1) is 17.0. The molecule has 0 amide bonds. The van der Waals surface area contributed by atoms with Crippen LogP contribution in [0.25, 0.3) is 10.9 Å². The summed E-state index contributed by atoms with van der Waals surface area (Å²) in [6.07, 6.45) is 6.34. The van der Waals surface area contributed by atoms with E-state index in [-0.39, 0.29) is 6.61 Å². The Bertz CT molecular complexity index is 730. The van der Waals surface area contributed by atoms with Crippen LogP contribution in [-0.4, -0.2) is 51.9 Å². The third-order valence-corrected chi connectivity index (χ3v) is 4.95. The molecule has 0 atom stereocenters.